The fraction of sp³-hybridized carbons (Fsp3) is 0.0769. The van der Waals surface area contributed by atoms with Crippen LogP contribution in [0.15, 0.2) is 42.7 Å². The van der Waals surface area contributed by atoms with Crippen LogP contribution in [0.2, 0.25) is 0 Å². The van der Waals surface area contributed by atoms with Gasteiger partial charge in [-0.2, -0.15) is 0 Å². The molecule has 0 saturated carbocycles. The lowest BCUT2D eigenvalue weighted by atomic mass is 10.2. The minimum atomic E-state index is -1.05. The second-order valence-corrected chi connectivity index (χ2v) is 3.60. The van der Waals surface area contributed by atoms with Gasteiger partial charge in [0.05, 0.1) is 0 Å². The Hall–Kier alpha value is -2.36. The fourth-order valence-corrected chi connectivity index (χ4v) is 1.44. The number of hydrogen-bond acceptors (Lipinski definition) is 3. The lowest BCUT2D eigenvalue weighted by Crippen LogP contribution is -2.00. The molecule has 0 atom stereocenters. The van der Waals surface area contributed by atoms with E-state index in [1.54, 1.807) is 6.07 Å². The maximum absolute atomic E-state index is 11.0. The molecule has 1 aromatic carbocycles. The first-order valence-electron chi connectivity index (χ1n) is 5.08. The molecular formula is C13H11NO3. The molecule has 4 nitrogen and oxygen atoms in total. The molecule has 1 N–H and O–H groups in total. The highest BCUT2D eigenvalue weighted by Crippen LogP contribution is 2.24. The first-order valence-corrected chi connectivity index (χ1v) is 5.08. The molecule has 17 heavy (non-hydrogen) atoms. The zero-order valence-electron chi connectivity index (χ0n) is 9.25. The quantitative estimate of drug-likeness (QED) is 0.879. The Morgan fingerprint density at radius 3 is 2.88 bits per heavy atom. The van der Waals surface area contributed by atoms with Gasteiger partial charge in [0.15, 0.2) is 0 Å². The Balaban J connectivity index is 2.33. The normalized spacial score (nSPS) is 9.94. The molecule has 0 aliphatic heterocycles. The molecular weight excluding hydrogens is 218 g/mol. The van der Waals surface area contributed by atoms with Gasteiger partial charge < -0.3 is 9.84 Å². The lowest BCUT2D eigenvalue weighted by Gasteiger charge is -2.08. The van der Waals surface area contributed by atoms with Crippen molar-refractivity contribution in [3.05, 3.63) is 53.9 Å². The van der Waals surface area contributed by atoms with Crippen molar-refractivity contribution in [3.8, 4) is 11.5 Å². The van der Waals surface area contributed by atoms with Crippen molar-refractivity contribution in [3.63, 3.8) is 0 Å². The Kier molecular flexibility index (Phi) is 3.05. The number of aryl methyl sites for hydroxylation is 1. The summed E-state index contributed by atoms with van der Waals surface area (Å²) >= 11 is 0. The number of benzene rings is 1. The molecule has 2 aromatic rings. The predicted molar refractivity (Wildman–Crippen MR) is 62.4 cm³/mol. The van der Waals surface area contributed by atoms with Crippen molar-refractivity contribution < 1.29 is 14.6 Å². The molecule has 4 heteroatoms. The van der Waals surface area contributed by atoms with E-state index in [1.165, 1.54) is 18.5 Å². The van der Waals surface area contributed by atoms with Gasteiger partial charge in [-0.25, -0.2) is 4.79 Å². The number of hydrogen-bond donors (Lipinski definition) is 1. The molecule has 0 amide bonds. The van der Waals surface area contributed by atoms with Crippen LogP contribution in [0.25, 0.3) is 0 Å². The second kappa shape index (κ2) is 4.65. The molecule has 1 heterocycles. The van der Waals surface area contributed by atoms with Crippen molar-refractivity contribution in [2.75, 3.05) is 0 Å². The standard InChI is InChI=1S/C13H11NO3/c1-9-3-2-4-10(7-9)17-12-5-6-14-8-11(12)13(15)16/h2-8H,1H3,(H,15,16). The van der Waals surface area contributed by atoms with E-state index in [2.05, 4.69) is 4.98 Å². The molecule has 86 valence electrons. The van der Waals surface area contributed by atoms with E-state index in [0.717, 1.165) is 5.56 Å². The highest BCUT2D eigenvalue weighted by molar-refractivity contribution is 5.90. The minimum Gasteiger partial charge on any atom is -0.477 e. The number of nitrogens with zero attached hydrogens (tertiary/aromatic N) is 1. The van der Waals surface area contributed by atoms with Gasteiger partial charge in [-0.15, -0.1) is 0 Å². The number of carboxylic acids is 1. The molecule has 0 spiro atoms. The fourth-order valence-electron chi connectivity index (χ4n) is 1.44. The van der Waals surface area contributed by atoms with E-state index >= 15 is 0 Å². The van der Waals surface area contributed by atoms with Crippen LogP contribution >= 0.6 is 0 Å². The van der Waals surface area contributed by atoms with Crippen molar-refractivity contribution in [2.45, 2.75) is 6.92 Å². The zero-order valence-corrected chi connectivity index (χ0v) is 9.25. The van der Waals surface area contributed by atoms with Crippen molar-refractivity contribution in [1.29, 1.82) is 0 Å². The van der Waals surface area contributed by atoms with Crippen LogP contribution in [0.3, 0.4) is 0 Å². The molecule has 0 unspecified atom stereocenters. The highest BCUT2D eigenvalue weighted by atomic mass is 16.5. The van der Waals surface area contributed by atoms with Crippen LogP contribution in [0.4, 0.5) is 0 Å². The molecule has 0 aliphatic carbocycles. The van der Waals surface area contributed by atoms with Crippen molar-refractivity contribution in [2.24, 2.45) is 0 Å². The number of aromatic carboxylic acids is 1. The Morgan fingerprint density at radius 1 is 1.35 bits per heavy atom. The number of ether oxygens (including phenoxy) is 1. The molecule has 2 rings (SSSR count). The summed E-state index contributed by atoms with van der Waals surface area (Å²) in [4.78, 5) is 14.7. The number of carboxylic acid groups (broad SMARTS) is 1. The highest BCUT2D eigenvalue weighted by Gasteiger charge is 2.11. The van der Waals surface area contributed by atoms with Crippen molar-refractivity contribution in [1.82, 2.24) is 4.98 Å². The summed E-state index contributed by atoms with van der Waals surface area (Å²) in [6.07, 6.45) is 2.77. The van der Waals surface area contributed by atoms with E-state index in [-0.39, 0.29) is 11.3 Å². The van der Waals surface area contributed by atoms with Crippen LogP contribution in [0.1, 0.15) is 15.9 Å². The summed E-state index contributed by atoms with van der Waals surface area (Å²) in [5.41, 5.74) is 1.10. The van der Waals surface area contributed by atoms with E-state index in [0.29, 0.717) is 5.75 Å². The Morgan fingerprint density at radius 2 is 2.18 bits per heavy atom. The van der Waals surface area contributed by atoms with Gasteiger partial charge in [-0.1, -0.05) is 12.1 Å². The molecule has 0 radical (unpaired) electrons. The van der Waals surface area contributed by atoms with Crippen LogP contribution in [0, 0.1) is 6.92 Å². The van der Waals surface area contributed by atoms with Gasteiger partial charge in [0.25, 0.3) is 0 Å². The molecule has 1 aromatic heterocycles. The van der Waals surface area contributed by atoms with Crippen LogP contribution in [-0.4, -0.2) is 16.1 Å². The summed E-state index contributed by atoms with van der Waals surface area (Å²) < 4.78 is 5.53. The molecule has 0 saturated heterocycles. The summed E-state index contributed by atoms with van der Waals surface area (Å²) in [6.45, 7) is 1.94. The second-order valence-electron chi connectivity index (χ2n) is 3.60. The van der Waals surface area contributed by atoms with Gasteiger partial charge in [0, 0.05) is 18.5 Å². The SMILES string of the molecule is Cc1cccc(Oc2ccncc2C(=O)O)c1. The van der Waals surface area contributed by atoms with Gasteiger partial charge in [-0.3, -0.25) is 4.98 Å². The van der Waals surface area contributed by atoms with E-state index in [1.807, 2.05) is 25.1 Å². The smallest absolute Gasteiger partial charge is 0.341 e. The first-order chi connectivity index (χ1) is 8.16. The lowest BCUT2D eigenvalue weighted by molar-refractivity contribution is 0.0693. The monoisotopic (exact) mass is 229 g/mol. The van der Waals surface area contributed by atoms with Gasteiger partial charge >= 0.3 is 5.97 Å². The predicted octanol–water partition coefficient (Wildman–Crippen LogP) is 2.88. The number of rotatable bonds is 3. The topological polar surface area (TPSA) is 59.4 Å². The van der Waals surface area contributed by atoms with E-state index in [4.69, 9.17) is 9.84 Å². The van der Waals surface area contributed by atoms with Gasteiger partial charge in [0.2, 0.25) is 0 Å². The third-order valence-corrected chi connectivity index (χ3v) is 2.23. The first kappa shape index (κ1) is 11.1. The van der Waals surface area contributed by atoms with Crippen LogP contribution < -0.4 is 4.74 Å². The summed E-state index contributed by atoms with van der Waals surface area (Å²) in [5.74, 6) is -0.155. The molecule has 0 aliphatic rings. The minimum absolute atomic E-state index is 0.0500. The van der Waals surface area contributed by atoms with E-state index < -0.39 is 5.97 Å². The maximum atomic E-state index is 11.0. The third kappa shape index (κ3) is 2.60. The molecule has 0 fully saturated rings. The number of pyridine rings is 1. The Labute approximate surface area is 98.5 Å². The largest absolute Gasteiger partial charge is 0.477 e. The summed E-state index contributed by atoms with van der Waals surface area (Å²) in [7, 11) is 0. The van der Waals surface area contributed by atoms with Crippen LogP contribution in [0.5, 0.6) is 11.5 Å². The van der Waals surface area contributed by atoms with Gasteiger partial charge in [-0.05, 0) is 24.6 Å². The number of aromatic nitrogens is 1. The van der Waals surface area contributed by atoms with Gasteiger partial charge in [0.1, 0.15) is 17.1 Å². The molecule has 0 bridgehead atoms. The van der Waals surface area contributed by atoms with Crippen LogP contribution in [-0.2, 0) is 0 Å². The summed E-state index contributed by atoms with van der Waals surface area (Å²) in [6, 6.07) is 8.95. The Bertz CT molecular complexity index is 552. The zero-order chi connectivity index (χ0) is 12.3. The van der Waals surface area contributed by atoms with Crippen molar-refractivity contribution >= 4 is 5.97 Å². The average Bonchev–Trinajstić information content (AvgIpc) is 2.29. The summed E-state index contributed by atoms with van der Waals surface area (Å²) in [5, 5.41) is 8.98. The van der Waals surface area contributed by atoms with E-state index in [9.17, 15) is 4.79 Å². The number of carbonyl (C=O) groups is 1. The maximum Gasteiger partial charge on any atom is 0.341 e. The average molecular weight is 229 g/mol. The third-order valence-electron chi connectivity index (χ3n) is 2.23.